The van der Waals surface area contributed by atoms with Crippen molar-refractivity contribution < 1.29 is 9.59 Å². The highest BCUT2D eigenvalue weighted by molar-refractivity contribution is 7.99. The third kappa shape index (κ3) is 3.48. The van der Waals surface area contributed by atoms with E-state index in [-0.39, 0.29) is 17.9 Å². The van der Waals surface area contributed by atoms with Gasteiger partial charge in [0.15, 0.2) is 0 Å². The molecule has 2 amide bonds. The topological polar surface area (TPSA) is 61.4 Å². The number of hydrogen-bond donors (Lipinski definition) is 2. The Hall–Kier alpha value is -2.31. The van der Waals surface area contributed by atoms with Crippen molar-refractivity contribution in [1.82, 2.24) is 10.2 Å². The van der Waals surface area contributed by atoms with E-state index in [9.17, 15) is 9.59 Å². The van der Waals surface area contributed by atoms with Gasteiger partial charge in [0, 0.05) is 42.4 Å². The predicted molar refractivity (Wildman–Crippen MR) is 104 cm³/mol. The fourth-order valence-electron chi connectivity index (χ4n) is 3.39. The minimum absolute atomic E-state index is 0.0644. The summed E-state index contributed by atoms with van der Waals surface area (Å²) in [6.45, 7) is 2.30. The van der Waals surface area contributed by atoms with E-state index in [0.717, 1.165) is 35.7 Å². The van der Waals surface area contributed by atoms with Crippen LogP contribution in [0.2, 0.25) is 0 Å². The Morgan fingerprint density at radius 2 is 1.77 bits per heavy atom. The second-order valence-corrected chi connectivity index (χ2v) is 7.71. The van der Waals surface area contributed by atoms with Gasteiger partial charge in [-0.3, -0.25) is 14.9 Å². The first-order valence-electron chi connectivity index (χ1n) is 8.81. The first-order valence-corrected chi connectivity index (χ1v) is 9.97. The van der Waals surface area contributed by atoms with Crippen molar-refractivity contribution in [3.8, 4) is 0 Å². The van der Waals surface area contributed by atoms with Crippen LogP contribution in [0.4, 0.5) is 5.69 Å². The Morgan fingerprint density at radius 1 is 1.04 bits per heavy atom. The highest BCUT2D eigenvalue weighted by atomic mass is 32.2. The molecule has 0 radical (unpaired) electrons. The summed E-state index contributed by atoms with van der Waals surface area (Å²) >= 11 is 1.88. The van der Waals surface area contributed by atoms with Crippen molar-refractivity contribution in [1.29, 1.82) is 0 Å². The van der Waals surface area contributed by atoms with E-state index in [2.05, 4.69) is 10.6 Å². The average Bonchev–Trinajstić information content (AvgIpc) is 3.13. The van der Waals surface area contributed by atoms with E-state index in [1.54, 1.807) is 24.3 Å². The number of anilines is 1. The quantitative estimate of drug-likeness (QED) is 0.876. The molecule has 2 aliphatic heterocycles. The Bertz CT molecular complexity index is 816. The lowest BCUT2D eigenvalue weighted by molar-refractivity contribution is -0.118. The molecule has 0 saturated carbocycles. The molecule has 1 unspecified atom stereocenters. The van der Waals surface area contributed by atoms with Crippen LogP contribution >= 0.6 is 11.8 Å². The van der Waals surface area contributed by atoms with Gasteiger partial charge in [-0.05, 0) is 35.4 Å². The lowest BCUT2D eigenvalue weighted by atomic mass is 10.0. The molecule has 2 aliphatic rings. The molecule has 5 nitrogen and oxygen atoms in total. The Kier molecular flexibility index (Phi) is 4.95. The SMILES string of the molecule is O=C(Nc1ccc(C(=O)N2CCSCC2)cc1)C1NCc2ccccc21. The maximum absolute atomic E-state index is 12.6. The van der Waals surface area contributed by atoms with Gasteiger partial charge in [-0.1, -0.05) is 24.3 Å². The number of rotatable bonds is 3. The van der Waals surface area contributed by atoms with E-state index < -0.39 is 0 Å². The number of carbonyl (C=O) groups is 2. The fraction of sp³-hybridized carbons (Fsp3) is 0.300. The van der Waals surface area contributed by atoms with E-state index in [1.807, 2.05) is 40.9 Å². The van der Waals surface area contributed by atoms with Gasteiger partial charge in [-0.25, -0.2) is 0 Å². The molecule has 0 spiro atoms. The van der Waals surface area contributed by atoms with Crippen LogP contribution in [-0.4, -0.2) is 41.3 Å². The Morgan fingerprint density at radius 3 is 2.54 bits per heavy atom. The number of fused-ring (bicyclic) bond motifs is 1. The van der Waals surface area contributed by atoms with E-state index in [0.29, 0.717) is 17.8 Å². The molecule has 0 aliphatic carbocycles. The fourth-order valence-corrected chi connectivity index (χ4v) is 4.30. The second-order valence-electron chi connectivity index (χ2n) is 6.48. The van der Waals surface area contributed by atoms with Gasteiger partial charge >= 0.3 is 0 Å². The number of benzene rings is 2. The van der Waals surface area contributed by atoms with Crippen molar-refractivity contribution in [2.75, 3.05) is 29.9 Å². The summed E-state index contributed by atoms with van der Waals surface area (Å²) in [5.74, 6) is 1.97. The molecule has 6 heteroatoms. The van der Waals surface area contributed by atoms with Gasteiger partial charge in [0.2, 0.25) is 5.91 Å². The minimum Gasteiger partial charge on any atom is -0.337 e. The van der Waals surface area contributed by atoms with E-state index in [4.69, 9.17) is 0 Å². The summed E-state index contributed by atoms with van der Waals surface area (Å²) in [5.41, 5.74) is 3.55. The maximum atomic E-state index is 12.6. The molecule has 2 aromatic rings. The van der Waals surface area contributed by atoms with Gasteiger partial charge in [-0.15, -0.1) is 0 Å². The van der Waals surface area contributed by atoms with Crippen LogP contribution in [0, 0.1) is 0 Å². The number of thioether (sulfide) groups is 1. The molecular weight excluding hydrogens is 346 g/mol. The maximum Gasteiger partial charge on any atom is 0.253 e. The van der Waals surface area contributed by atoms with Crippen molar-refractivity contribution in [3.05, 3.63) is 65.2 Å². The predicted octanol–water partition coefficient (Wildman–Crippen LogP) is 2.66. The van der Waals surface area contributed by atoms with Crippen LogP contribution in [0.15, 0.2) is 48.5 Å². The molecule has 1 saturated heterocycles. The number of amides is 2. The molecule has 2 N–H and O–H groups in total. The summed E-state index contributed by atoms with van der Waals surface area (Å²) in [7, 11) is 0. The summed E-state index contributed by atoms with van der Waals surface area (Å²) in [6, 6.07) is 14.8. The summed E-state index contributed by atoms with van der Waals surface area (Å²) < 4.78 is 0. The summed E-state index contributed by atoms with van der Waals surface area (Å²) in [6.07, 6.45) is 0. The van der Waals surface area contributed by atoms with Crippen LogP contribution in [0.3, 0.4) is 0 Å². The molecule has 2 heterocycles. The lowest BCUT2D eigenvalue weighted by Gasteiger charge is -2.26. The molecule has 134 valence electrons. The zero-order chi connectivity index (χ0) is 17.9. The van der Waals surface area contributed by atoms with Gasteiger partial charge in [0.1, 0.15) is 6.04 Å². The molecule has 1 fully saturated rings. The van der Waals surface area contributed by atoms with Gasteiger partial charge in [-0.2, -0.15) is 11.8 Å². The third-order valence-corrected chi connectivity index (χ3v) is 5.77. The zero-order valence-corrected chi connectivity index (χ0v) is 15.2. The minimum atomic E-state index is -0.335. The largest absolute Gasteiger partial charge is 0.337 e. The molecular formula is C20H21N3O2S. The van der Waals surface area contributed by atoms with Crippen molar-refractivity contribution >= 4 is 29.3 Å². The third-order valence-electron chi connectivity index (χ3n) is 4.82. The second kappa shape index (κ2) is 7.51. The van der Waals surface area contributed by atoms with Crippen molar-refractivity contribution in [2.24, 2.45) is 0 Å². The van der Waals surface area contributed by atoms with Gasteiger partial charge in [0.25, 0.3) is 5.91 Å². The lowest BCUT2D eigenvalue weighted by Crippen LogP contribution is -2.37. The molecule has 2 aromatic carbocycles. The number of nitrogens with one attached hydrogen (secondary N) is 2. The Balaban J connectivity index is 1.41. The number of carbonyl (C=O) groups excluding carboxylic acids is 2. The molecule has 26 heavy (non-hydrogen) atoms. The first kappa shape index (κ1) is 17.1. The Labute approximate surface area is 157 Å². The highest BCUT2D eigenvalue weighted by Gasteiger charge is 2.27. The average molecular weight is 367 g/mol. The molecule has 1 atom stereocenters. The van der Waals surface area contributed by atoms with Crippen LogP contribution in [0.1, 0.15) is 27.5 Å². The molecule has 4 rings (SSSR count). The molecule has 0 bridgehead atoms. The normalized spacial score (nSPS) is 19.1. The highest BCUT2D eigenvalue weighted by Crippen LogP contribution is 2.26. The van der Waals surface area contributed by atoms with Gasteiger partial charge in [0.05, 0.1) is 0 Å². The summed E-state index contributed by atoms with van der Waals surface area (Å²) in [5, 5.41) is 6.18. The van der Waals surface area contributed by atoms with E-state index >= 15 is 0 Å². The zero-order valence-electron chi connectivity index (χ0n) is 14.4. The van der Waals surface area contributed by atoms with Crippen LogP contribution in [0.25, 0.3) is 0 Å². The number of nitrogens with zero attached hydrogens (tertiary/aromatic N) is 1. The van der Waals surface area contributed by atoms with Crippen molar-refractivity contribution in [3.63, 3.8) is 0 Å². The van der Waals surface area contributed by atoms with E-state index in [1.165, 1.54) is 0 Å². The summed E-state index contributed by atoms with van der Waals surface area (Å²) in [4.78, 5) is 27.0. The van der Waals surface area contributed by atoms with Gasteiger partial charge < -0.3 is 10.2 Å². The number of hydrogen-bond acceptors (Lipinski definition) is 4. The molecule has 0 aromatic heterocycles. The van der Waals surface area contributed by atoms with Crippen LogP contribution in [0.5, 0.6) is 0 Å². The van der Waals surface area contributed by atoms with Crippen LogP contribution in [-0.2, 0) is 11.3 Å². The standard InChI is InChI=1S/C20H21N3O2S/c24-19(18-17-4-2-1-3-15(17)13-21-18)22-16-7-5-14(6-8-16)20(25)23-9-11-26-12-10-23/h1-8,18,21H,9-13H2,(H,22,24). The first-order chi connectivity index (χ1) is 12.7. The van der Waals surface area contributed by atoms with Crippen LogP contribution < -0.4 is 10.6 Å². The smallest absolute Gasteiger partial charge is 0.253 e. The van der Waals surface area contributed by atoms with Crippen molar-refractivity contribution in [2.45, 2.75) is 12.6 Å². The monoisotopic (exact) mass is 367 g/mol.